The number of rotatable bonds is 7. The first-order valence-corrected chi connectivity index (χ1v) is 13.3. The highest BCUT2D eigenvalue weighted by Gasteiger charge is 2.28. The smallest absolute Gasteiger partial charge is 0.407 e. The molecule has 0 bridgehead atoms. The number of ether oxygens (including phenoxy) is 2. The molecule has 35 heavy (non-hydrogen) atoms. The number of nitrogens with one attached hydrogen (secondary N) is 3. The molecule has 3 rings (SSSR count). The van der Waals surface area contributed by atoms with E-state index in [0.717, 1.165) is 45.7 Å². The van der Waals surface area contributed by atoms with Crippen LogP contribution in [0.2, 0.25) is 0 Å². The molecular weight excluding hydrogens is 561 g/mol. The molecule has 1 aliphatic rings. The van der Waals surface area contributed by atoms with Crippen LogP contribution >= 0.6 is 22.6 Å². The van der Waals surface area contributed by atoms with Crippen molar-refractivity contribution in [3.05, 3.63) is 33.0 Å². The van der Waals surface area contributed by atoms with Gasteiger partial charge in [-0.25, -0.2) is 9.59 Å². The third kappa shape index (κ3) is 7.11. The molecule has 1 aromatic heterocycles. The molecule has 0 spiro atoms. The van der Waals surface area contributed by atoms with Gasteiger partial charge in [0.1, 0.15) is 11.3 Å². The van der Waals surface area contributed by atoms with Crippen LogP contribution in [0, 0.1) is 15.4 Å². The molecule has 0 saturated heterocycles. The summed E-state index contributed by atoms with van der Waals surface area (Å²) in [6.45, 7) is 10.1. The summed E-state index contributed by atoms with van der Waals surface area (Å²) >= 11 is 2.15. The van der Waals surface area contributed by atoms with Gasteiger partial charge < -0.3 is 25.1 Å². The summed E-state index contributed by atoms with van der Waals surface area (Å²) in [4.78, 5) is 40.4. The molecule has 192 valence electrons. The highest BCUT2D eigenvalue weighted by Crippen LogP contribution is 2.32. The summed E-state index contributed by atoms with van der Waals surface area (Å²) in [7, 11) is 0. The maximum Gasteiger partial charge on any atom is 0.407 e. The summed E-state index contributed by atoms with van der Waals surface area (Å²) in [6.07, 6.45) is 2.95. The van der Waals surface area contributed by atoms with Crippen LogP contribution in [-0.4, -0.2) is 41.7 Å². The molecule has 3 N–H and O–H groups in total. The van der Waals surface area contributed by atoms with E-state index in [0.29, 0.717) is 24.8 Å². The predicted octanol–water partition coefficient (Wildman–Crippen LogP) is 5.46. The first kappa shape index (κ1) is 27.3. The molecule has 2 amide bonds. The number of amides is 2. The van der Waals surface area contributed by atoms with Gasteiger partial charge in [0.2, 0.25) is 5.91 Å². The fraction of sp³-hybridized carbons (Fsp3) is 0.577. The number of esters is 1. The summed E-state index contributed by atoms with van der Waals surface area (Å²) in [5.74, 6) is -0.0399. The number of aromatic amines is 1. The number of hydrogen-bond acceptors (Lipinski definition) is 5. The Hall–Kier alpha value is -2.30. The first-order chi connectivity index (χ1) is 16.5. The van der Waals surface area contributed by atoms with Gasteiger partial charge in [0.25, 0.3) is 0 Å². The van der Waals surface area contributed by atoms with E-state index in [2.05, 4.69) is 38.2 Å². The number of halogens is 1. The van der Waals surface area contributed by atoms with Gasteiger partial charge in [-0.15, -0.1) is 0 Å². The molecule has 1 unspecified atom stereocenters. The number of H-pyrrole nitrogens is 1. The number of carbonyl (C=O) groups excluding carboxylic acids is 3. The van der Waals surface area contributed by atoms with E-state index in [9.17, 15) is 14.4 Å². The van der Waals surface area contributed by atoms with E-state index in [1.807, 2.05) is 45.9 Å². The van der Waals surface area contributed by atoms with E-state index < -0.39 is 11.7 Å². The fourth-order valence-corrected chi connectivity index (χ4v) is 5.30. The van der Waals surface area contributed by atoms with Gasteiger partial charge >= 0.3 is 12.1 Å². The van der Waals surface area contributed by atoms with Crippen molar-refractivity contribution < 1.29 is 23.9 Å². The van der Waals surface area contributed by atoms with Crippen molar-refractivity contribution in [3.8, 4) is 0 Å². The molecule has 1 heterocycles. The van der Waals surface area contributed by atoms with Crippen molar-refractivity contribution in [2.45, 2.75) is 71.9 Å². The molecule has 0 aliphatic heterocycles. The Labute approximate surface area is 220 Å². The van der Waals surface area contributed by atoms with Gasteiger partial charge in [-0.3, -0.25) is 4.79 Å². The Morgan fingerprint density at radius 1 is 1.17 bits per heavy atom. The van der Waals surface area contributed by atoms with Crippen molar-refractivity contribution >= 4 is 51.5 Å². The number of fused-ring (bicyclic) bond motifs is 1. The van der Waals surface area contributed by atoms with Crippen molar-refractivity contribution in [2.75, 3.05) is 13.2 Å². The fourth-order valence-electron chi connectivity index (χ4n) is 4.49. The lowest BCUT2D eigenvalue weighted by atomic mass is 9.81. The van der Waals surface area contributed by atoms with Crippen LogP contribution in [0.15, 0.2) is 18.2 Å². The summed E-state index contributed by atoms with van der Waals surface area (Å²) in [5, 5.41) is 6.95. The monoisotopic (exact) mass is 597 g/mol. The highest BCUT2D eigenvalue weighted by atomic mass is 127. The Balaban J connectivity index is 1.57. The molecule has 1 aliphatic carbocycles. The van der Waals surface area contributed by atoms with Gasteiger partial charge in [0.15, 0.2) is 0 Å². The van der Waals surface area contributed by atoms with E-state index in [1.54, 1.807) is 6.92 Å². The standard InChI is InChI=1S/C26H36IN3O5/c1-6-34-24(32)22-20(27)19-9-7-8-18(21(19)30-22)15(2)29-23(31)17-12-10-16(11-13-17)14-28-25(33)35-26(3,4)5/h7-9,15-17,30H,6,10-14H2,1-5H3,(H,28,33)(H,29,31). The van der Waals surface area contributed by atoms with Crippen LogP contribution in [0.4, 0.5) is 4.79 Å². The summed E-state index contributed by atoms with van der Waals surface area (Å²) in [6, 6.07) is 5.64. The minimum atomic E-state index is -0.514. The number of para-hydroxylation sites is 1. The van der Waals surface area contributed by atoms with Crippen LogP contribution in [-0.2, 0) is 14.3 Å². The van der Waals surface area contributed by atoms with Gasteiger partial charge in [0.05, 0.1) is 21.7 Å². The minimum Gasteiger partial charge on any atom is -0.461 e. The quantitative estimate of drug-likeness (QED) is 0.290. The van der Waals surface area contributed by atoms with Crippen molar-refractivity contribution in [1.82, 2.24) is 15.6 Å². The molecule has 2 aromatic rings. The molecule has 1 aromatic carbocycles. The summed E-state index contributed by atoms with van der Waals surface area (Å²) in [5.41, 5.74) is 1.69. The second kappa shape index (κ2) is 11.6. The SMILES string of the molecule is CCOC(=O)c1[nH]c2c(C(C)NC(=O)C3CCC(CNC(=O)OC(C)(C)C)CC3)cccc2c1I. The second-order valence-corrected chi connectivity index (χ2v) is 11.2. The zero-order valence-corrected chi connectivity index (χ0v) is 23.3. The number of alkyl carbamates (subject to hydrolysis) is 1. The molecule has 1 fully saturated rings. The maximum absolute atomic E-state index is 13.0. The van der Waals surface area contributed by atoms with Crippen LogP contribution < -0.4 is 10.6 Å². The van der Waals surface area contributed by atoms with Crippen LogP contribution in [0.5, 0.6) is 0 Å². The van der Waals surface area contributed by atoms with Crippen molar-refractivity contribution in [1.29, 1.82) is 0 Å². The van der Waals surface area contributed by atoms with E-state index >= 15 is 0 Å². The van der Waals surface area contributed by atoms with E-state index in [1.165, 1.54) is 0 Å². The average molecular weight is 597 g/mol. The number of hydrogen-bond donors (Lipinski definition) is 3. The topological polar surface area (TPSA) is 110 Å². The van der Waals surface area contributed by atoms with Crippen molar-refractivity contribution in [2.24, 2.45) is 11.8 Å². The second-order valence-electron chi connectivity index (χ2n) is 10.1. The Morgan fingerprint density at radius 3 is 2.49 bits per heavy atom. The zero-order valence-electron chi connectivity index (χ0n) is 21.1. The van der Waals surface area contributed by atoms with E-state index in [-0.39, 0.29) is 23.8 Å². The maximum atomic E-state index is 13.0. The van der Waals surface area contributed by atoms with E-state index in [4.69, 9.17) is 9.47 Å². The number of carbonyl (C=O) groups is 3. The van der Waals surface area contributed by atoms with Crippen LogP contribution in [0.3, 0.4) is 0 Å². The predicted molar refractivity (Wildman–Crippen MR) is 143 cm³/mol. The molecule has 1 saturated carbocycles. The normalized spacial score (nSPS) is 19.1. The molecule has 9 heteroatoms. The van der Waals surface area contributed by atoms with Gasteiger partial charge in [0, 0.05) is 17.8 Å². The molecular formula is C26H36IN3O5. The van der Waals surface area contributed by atoms with Crippen LogP contribution in [0.1, 0.15) is 82.4 Å². The lowest BCUT2D eigenvalue weighted by molar-refractivity contribution is -0.126. The number of aromatic nitrogens is 1. The average Bonchev–Trinajstić information content (AvgIpc) is 3.13. The van der Waals surface area contributed by atoms with Crippen molar-refractivity contribution in [3.63, 3.8) is 0 Å². The van der Waals surface area contributed by atoms with Gasteiger partial charge in [-0.2, -0.15) is 0 Å². The van der Waals surface area contributed by atoms with Crippen LogP contribution in [0.25, 0.3) is 10.9 Å². The lowest BCUT2D eigenvalue weighted by Gasteiger charge is -2.29. The summed E-state index contributed by atoms with van der Waals surface area (Å²) < 4.78 is 11.3. The Morgan fingerprint density at radius 2 is 1.86 bits per heavy atom. The molecule has 1 atom stereocenters. The largest absolute Gasteiger partial charge is 0.461 e. The zero-order chi connectivity index (χ0) is 25.8. The molecule has 0 radical (unpaired) electrons. The number of benzene rings is 1. The Kier molecular flexibility index (Phi) is 9.06. The highest BCUT2D eigenvalue weighted by molar-refractivity contribution is 14.1. The molecule has 8 nitrogen and oxygen atoms in total. The third-order valence-electron chi connectivity index (χ3n) is 6.26. The Bertz CT molecular complexity index is 1070. The first-order valence-electron chi connectivity index (χ1n) is 12.2. The lowest BCUT2D eigenvalue weighted by Crippen LogP contribution is -2.38. The van der Waals surface area contributed by atoms with Gasteiger partial charge in [-0.1, -0.05) is 18.2 Å². The minimum absolute atomic E-state index is 0.0416. The van der Waals surface area contributed by atoms with Gasteiger partial charge in [-0.05, 0) is 94.4 Å². The third-order valence-corrected chi connectivity index (χ3v) is 7.38.